The largest absolute Gasteiger partial charge is 0.481 e. The number of hydrogen-bond acceptors (Lipinski definition) is 7. The van der Waals surface area contributed by atoms with Gasteiger partial charge in [-0.1, -0.05) is 32.8 Å². The van der Waals surface area contributed by atoms with Crippen molar-refractivity contribution in [3.8, 4) is 11.5 Å². The minimum atomic E-state index is -0.856. The standard InChI is InChI=1S/C28H38N4O5/c1-3-5-14-31(15-6-4-2)26(33)18-32-17-21(20-8-10-23-24(16-20)37-19-36-23)27(28(34)35)22(32)9-11-25-29-12-7-13-30-25/h7-8,10,12-13,16,21-22,27H,3-6,9,11,14-15,17-19H2,1-2H3,(H,34,35)/t21-,22+,27?/m1/s1. The lowest BCUT2D eigenvalue weighted by atomic mass is 9.83. The topological polar surface area (TPSA) is 105 Å². The van der Waals surface area contributed by atoms with E-state index in [0.717, 1.165) is 44.3 Å². The van der Waals surface area contributed by atoms with E-state index in [1.54, 1.807) is 18.5 Å². The Morgan fingerprint density at radius 2 is 1.78 bits per heavy atom. The number of likely N-dealkylation sites (tertiary alicyclic amines) is 1. The summed E-state index contributed by atoms with van der Waals surface area (Å²) >= 11 is 0. The molecule has 3 heterocycles. The van der Waals surface area contributed by atoms with Gasteiger partial charge in [0, 0.05) is 50.4 Å². The van der Waals surface area contributed by atoms with Gasteiger partial charge in [0.2, 0.25) is 12.7 Å². The molecule has 1 saturated heterocycles. The monoisotopic (exact) mass is 510 g/mol. The molecule has 3 atom stereocenters. The Morgan fingerprint density at radius 3 is 2.46 bits per heavy atom. The number of carboxylic acids is 1. The molecule has 1 aromatic carbocycles. The molecule has 4 rings (SSSR count). The van der Waals surface area contributed by atoms with Crippen LogP contribution >= 0.6 is 0 Å². The van der Waals surface area contributed by atoms with E-state index >= 15 is 0 Å². The average molecular weight is 511 g/mol. The van der Waals surface area contributed by atoms with E-state index in [1.807, 2.05) is 23.1 Å². The van der Waals surface area contributed by atoms with Gasteiger partial charge < -0.3 is 19.5 Å². The third-order valence-electron chi connectivity index (χ3n) is 7.40. The second kappa shape index (κ2) is 12.9. The third-order valence-corrected chi connectivity index (χ3v) is 7.40. The fourth-order valence-corrected chi connectivity index (χ4v) is 5.40. The van der Waals surface area contributed by atoms with Crippen molar-refractivity contribution in [3.63, 3.8) is 0 Å². The Morgan fingerprint density at radius 1 is 1.08 bits per heavy atom. The predicted molar refractivity (Wildman–Crippen MR) is 139 cm³/mol. The first-order valence-corrected chi connectivity index (χ1v) is 13.4. The molecule has 200 valence electrons. The molecule has 0 radical (unpaired) electrons. The highest BCUT2D eigenvalue weighted by Crippen LogP contribution is 2.42. The zero-order valence-corrected chi connectivity index (χ0v) is 21.8. The van der Waals surface area contributed by atoms with Crippen LogP contribution in [0.5, 0.6) is 11.5 Å². The zero-order chi connectivity index (χ0) is 26.2. The lowest BCUT2D eigenvalue weighted by Gasteiger charge is -2.29. The van der Waals surface area contributed by atoms with E-state index in [-0.39, 0.29) is 31.2 Å². The first kappa shape index (κ1) is 26.9. The lowest BCUT2D eigenvalue weighted by Crippen LogP contribution is -2.44. The van der Waals surface area contributed by atoms with Crippen LogP contribution in [0.15, 0.2) is 36.7 Å². The summed E-state index contributed by atoms with van der Waals surface area (Å²) in [4.78, 5) is 38.8. The SMILES string of the molecule is CCCCN(CCCC)C(=O)CN1C[C@H](c2ccc3c(c2)OCO3)C(C(=O)O)[C@@H]1CCc1ncccn1. The number of aromatic nitrogens is 2. The number of nitrogens with zero attached hydrogens (tertiary/aromatic N) is 4. The van der Waals surface area contributed by atoms with Crippen molar-refractivity contribution in [2.75, 3.05) is 33.0 Å². The molecule has 1 amide bonds. The van der Waals surface area contributed by atoms with Crippen LogP contribution in [0.25, 0.3) is 0 Å². The molecule has 1 unspecified atom stereocenters. The number of carboxylic acid groups (broad SMARTS) is 1. The van der Waals surface area contributed by atoms with Gasteiger partial charge in [0.1, 0.15) is 5.82 Å². The van der Waals surface area contributed by atoms with Crippen molar-refractivity contribution >= 4 is 11.9 Å². The maximum atomic E-state index is 13.5. The summed E-state index contributed by atoms with van der Waals surface area (Å²) in [5.74, 6) is 0.246. The normalized spacial score (nSPS) is 20.8. The Bertz CT molecular complexity index is 1040. The molecular weight excluding hydrogens is 472 g/mol. The molecule has 0 spiro atoms. The Kier molecular flexibility index (Phi) is 9.33. The van der Waals surface area contributed by atoms with Gasteiger partial charge in [0.05, 0.1) is 12.5 Å². The van der Waals surface area contributed by atoms with E-state index < -0.39 is 11.9 Å². The highest BCUT2D eigenvalue weighted by Gasteiger charge is 2.47. The summed E-state index contributed by atoms with van der Waals surface area (Å²) in [6.07, 6.45) is 8.45. The number of benzene rings is 1. The molecule has 2 aliphatic heterocycles. The molecule has 9 heteroatoms. The van der Waals surface area contributed by atoms with Gasteiger partial charge in [0.25, 0.3) is 0 Å². The van der Waals surface area contributed by atoms with E-state index in [1.165, 1.54) is 0 Å². The highest BCUT2D eigenvalue weighted by atomic mass is 16.7. The maximum Gasteiger partial charge on any atom is 0.308 e. The number of fused-ring (bicyclic) bond motifs is 1. The van der Waals surface area contributed by atoms with Crippen molar-refractivity contribution in [3.05, 3.63) is 48.0 Å². The summed E-state index contributed by atoms with van der Waals surface area (Å²) in [7, 11) is 0. The maximum absolute atomic E-state index is 13.5. The van der Waals surface area contributed by atoms with Crippen LogP contribution in [0.2, 0.25) is 0 Å². The smallest absolute Gasteiger partial charge is 0.308 e. The Labute approximate surface area is 218 Å². The molecule has 9 nitrogen and oxygen atoms in total. The highest BCUT2D eigenvalue weighted by molar-refractivity contribution is 5.79. The summed E-state index contributed by atoms with van der Waals surface area (Å²) in [6, 6.07) is 7.10. The number of hydrogen-bond donors (Lipinski definition) is 1. The molecule has 37 heavy (non-hydrogen) atoms. The molecule has 0 bridgehead atoms. The average Bonchev–Trinajstić information content (AvgIpc) is 3.52. The number of carbonyl (C=O) groups is 2. The second-order valence-electron chi connectivity index (χ2n) is 9.87. The number of aryl methyl sites for hydroxylation is 1. The fraction of sp³-hybridized carbons (Fsp3) is 0.571. The van der Waals surface area contributed by atoms with Crippen LogP contribution in [0.1, 0.15) is 63.3 Å². The minimum Gasteiger partial charge on any atom is -0.481 e. The minimum absolute atomic E-state index is 0.0679. The van der Waals surface area contributed by atoms with E-state index in [4.69, 9.17) is 9.47 Å². The molecule has 0 saturated carbocycles. The van der Waals surface area contributed by atoms with Crippen LogP contribution in [0.4, 0.5) is 0 Å². The van der Waals surface area contributed by atoms with Crippen LogP contribution in [0.3, 0.4) is 0 Å². The second-order valence-corrected chi connectivity index (χ2v) is 9.87. The van der Waals surface area contributed by atoms with Gasteiger partial charge in [-0.3, -0.25) is 14.5 Å². The van der Waals surface area contributed by atoms with Crippen LogP contribution in [-0.2, 0) is 16.0 Å². The Balaban J connectivity index is 1.59. The predicted octanol–water partition coefficient (Wildman–Crippen LogP) is 3.74. The third kappa shape index (κ3) is 6.57. The molecule has 1 N–H and O–H groups in total. The first-order chi connectivity index (χ1) is 18.0. The van der Waals surface area contributed by atoms with Gasteiger partial charge in [-0.05, 0) is 43.0 Å². The van der Waals surface area contributed by atoms with E-state index in [9.17, 15) is 14.7 Å². The number of rotatable bonds is 13. The van der Waals surface area contributed by atoms with Crippen molar-refractivity contribution in [2.45, 2.75) is 64.3 Å². The summed E-state index contributed by atoms with van der Waals surface area (Å²) in [5.41, 5.74) is 0.890. The van der Waals surface area contributed by atoms with Crippen molar-refractivity contribution in [1.29, 1.82) is 0 Å². The number of carbonyl (C=O) groups excluding carboxylic acids is 1. The number of amides is 1. The van der Waals surface area contributed by atoms with Crippen LogP contribution in [0, 0.1) is 5.92 Å². The number of ether oxygens (including phenoxy) is 2. The summed E-state index contributed by atoms with van der Waals surface area (Å²) in [6.45, 7) is 6.57. The molecule has 0 aliphatic carbocycles. The van der Waals surface area contributed by atoms with Gasteiger partial charge in [-0.25, -0.2) is 9.97 Å². The van der Waals surface area contributed by atoms with Gasteiger partial charge in [0.15, 0.2) is 11.5 Å². The Hall–Kier alpha value is -3.20. The van der Waals surface area contributed by atoms with E-state index in [0.29, 0.717) is 36.7 Å². The van der Waals surface area contributed by atoms with Gasteiger partial charge >= 0.3 is 5.97 Å². The lowest BCUT2D eigenvalue weighted by molar-refractivity contribution is -0.143. The zero-order valence-electron chi connectivity index (χ0n) is 21.8. The number of unbranched alkanes of at least 4 members (excludes halogenated alkanes) is 2. The van der Waals surface area contributed by atoms with Gasteiger partial charge in [-0.15, -0.1) is 0 Å². The van der Waals surface area contributed by atoms with E-state index in [2.05, 4.69) is 28.7 Å². The number of aliphatic carboxylic acids is 1. The summed E-state index contributed by atoms with van der Waals surface area (Å²) < 4.78 is 11.0. The summed E-state index contributed by atoms with van der Waals surface area (Å²) in [5, 5.41) is 10.4. The van der Waals surface area contributed by atoms with Crippen molar-refractivity contribution in [1.82, 2.24) is 19.8 Å². The van der Waals surface area contributed by atoms with Gasteiger partial charge in [-0.2, -0.15) is 0 Å². The molecule has 2 aliphatic rings. The molecular formula is C28H38N4O5. The molecule has 1 fully saturated rings. The van der Waals surface area contributed by atoms with Crippen LogP contribution in [-0.4, -0.2) is 75.8 Å². The van der Waals surface area contributed by atoms with Crippen molar-refractivity contribution < 1.29 is 24.2 Å². The molecule has 2 aromatic rings. The quantitative estimate of drug-likeness (QED) is 0.435. The fourth-order valence-electron chi connectivity index (χ4n) is 5.40. The molecule has 1 aromatic heterocycles. The first-order valence-electron chi connectivity index (χ1n) is 13.4. The van der Waals surface area contributed by atoms with Crippen LogP contribution < -0.4 is 9.47 Å². The van der Waals surface area contributed by atoms with Crippen molar-refractivity contribution in [2.24, 2.45) is 5.92 Å².